The van der Waals surface area contributed by atoms with Gasteiger partial charge in [-0.15, -0.1) is 0 Å². The van der Waals surface area contributed by atoms with E-state index in [0.717, 1.165) is 16.8 Å². The normalized spacial score (nSPS) is 17.6. The van der Waals surface area contributed by atoms with Gasteiger partial charge in [0.2, 0.25) is 11.8 Å². The number of hydrogen-bond acceptors (Lipinski definition) is 6. The molecule has 1 atom stereocenters. The van der Waals surface area contributed by atoms with Gasteiger partial charge in [0.25, 0.3) is 0 Å². The molecule has 1 aromatic carbocycles. The molecule has 0 aliphatic carbocycles. The molecule has 2 aliphatic rings. The number of nitrogens with one attached hydrogen (secondary N) is 2. The van der Waals surface area contributed by atoms with E-state index < -0.39 is 6.04 Å². The van der Waals surface area contributed by atoms with Gasteiger partial charge in [-0.25, -0.2) is 14.4 Å². The van der Waals surface area contributed by atoms with Gasteiger partial charge in [-0.2, -0.15) is 0 Å². The molecule has 2 aromatic heterocycles. The lowest BCUT2D eigenvalue weighted by atomic mass is 10.0. The monoisotopic (exact) mass is 432 g/mol. The number of anilines is 2. The van der Waals surface area contributed by atoms with Crippen LogP contribution in [0.4, 0.5) is 15.9 Å². The fourth-order valence-electron chi connectivity index (χ4n) is 4.05. The van der Waals surface area contributed by atoms with Gasteiger partial charge in [0.05, 0.1) is 12.2 Å². The molecule has 8 nitrogen and oxygen atoms in total. The van der Waals surface area contributed by atoms with Gasteiger partial charge >= 0.3 is 0 Å². The number of hydrogen-bond donors (Lipinski definition) is 2. The van der Waals surface area contributed by atoms with Crippen molar-refractivity contribution < 1.29 is 14.0 Å². The minimum Gasteiger partial charge on any atom is -0.344 e. The topological polar surface area (TPSA) is 100 Å². The summed E-state index contributed by atoms with van der Waals surface area (Å²) in [6.07, 6.45) is 4.79. The van der Waals surface area contributed by atoms with Crippen molar-refractivity contribution in [3.05, 3.63) is 65.9 Å². The summed E-state index contributed by atoms with van der Waals surface area (Å²) < 4.78 is 13.8. The number of carbonyl (C=O) groups is 2. The summed E-state index contributed by atoms with van der Waals surface area (Å²) in [6.45, 7) is 0.812. The summed E-state index contributed by atoms with van der Waals surface area (Å²) in [4.78, 5) is 39.8. The zero-order valence-electron chi connectivity index (χ0n) is 17.2. The highest BCUT2D eigenvalue weighted by atomic mass is 19.1. The van der Waals surface area contributed by atoms with E-state index in [-0.39, 0.29) is 17.6 Å². The number of halogens is 1. The number of rotatable bonds is 4. The predicted molar refractivity (Wildman–Crippen MR) is 115 cm³/mol. The molecule has 0 unspecified atom stereocenters. The SMILES string of the molecule is O=C1CC[C@H](C(=O)N2CCc3nc(-c4cccnc4)nc(Nc4cccc(F)c4)c3C2)N1. The van der Waals surface area contributed by atoms with Crippen LogP contribution in [0, 0.1) is 5.82 Å². The number of fused-ring (bicyclic) bond motifs is 1. The molecule has 2 N–H and O–H groups in total. The molecule has 162 valence electrons. The van der Waals surface area contributed by atoms with Gasteiger partial charge < -0.3 is 15.5 Å². The number of nitrogens with zero attached hydrogens (tertiary/aromatic N) is 4. The van der Waals surface area contributed by atoms with E-state index in [0.29, 0.717) is 49.7 Å². The Morgan fingerprint density at radius 2 is 2.09 bits per heavy atom. The van der Waals surface area contributed by atoms with E-state index >= 15 is 0 Å². The molecule has 4 heterocycles. The second-order valence-electron chi connectivity index (χ2n) is 7.87. The molecule has 2 amide bonds. The average molecular weight is 432 g/mol. The van der Waals surface area contributed by atoms with Crippen LogP contribution in [-0.4, -0.2) is 44.3 Å². The Balaban J connectivity index is 1.50. The first-order valence-corrected chi connectivity index (χ1v) is 10.5. The third kappa shape index (κ3) is 4.01. The zero-order valence-corrected chi connectivity index (χ0v) is 17.2. The summed E-state index contributed by atoms with van der Waals surface area (Å²) in [5.74, 6) is 0.471. The van der Waals surface area contributed by atoms with E-state index in [1.165, 1.54) is 12.1 Å². The van der Waals surface area contributed by atoms with E-state index in [1.54, 1.807) is 29.4 Å². The first-order chi connectivity index (χ1) is 15.6. The molecule has 0 saturated carbocycles. The van der Waals surface area contributed by atoms with Gasteiger partial charge in [-0.1, -0.05) is 6.07 Å². The van der Waals surface area contributed by atoms with Crippen LogP contribution in [0.5, 0.6) is 0 Å². The average Bonchev–Trinajstić information content (AvgIpc) is 3.25. The number of benzene rings is 1. The molecule has 9 heteroatoms. The van der Waals surface area contributed by atoms with Crippen LogP contribution >= 0.6 is 0 Å². The maximum atomic E-state index is 13.8. The lowest BCUT2D eigenvalue weighted by molar-refractivity contribution is -0.135. The summed E-state index contributed by atoms with van der Waals surface area (Å²) >= 11 is 0. The number of pyridine rings is 1. The maximum absolute atomic E-state index is 13.8. The number of amides is 2. The van der Waals surface area contributed by atoms with E-state index in [4.69, 9.17) is 9.97 Å². The Morgan fingerprint density at radius 1 is 1.19 bits per heavy atom. The zero-order chi connectivity index (χ0) is 22.1. The van der Waals surface area contributed by atoms with Crippen molar-refractivity contribution in [2.75, 3.05) is 11.9 Å². The molecule has 0 radical (unpaired) electrons. The Morgan fingerprint density at radius 3 is 2.84 bits per heavy atom. The molecule has 5 rings (SSSR count). The molecule has 0 spiro atoms. The van der Waals surface area contributed by atoms with Gasteiger partial charge in [0.15, 0.2) is 5.82 Å². The van der Waals surface area contributed by atoms with Crippen molar-refractivity contribution in [2.24, 2.45) is 0 Å². The highest BCUT2D eigenvalue weighted by molar-refractivity contribution is 5.91. The minimum absolute atomic E-state index is 0.0985. The van der Waals surface area contributed by atoms with Crippen molar-refractivity contribution >= 4 is 23.3 Å². The summed E-state index contributed by atoms with van der Waals surface area (Å²) in [5, 5.41) is 5.94. The number of carbonyl (C=O) groups excluding carboxylic acids is 2. The smallest absolute Gasteiger partial charge is 0.245 e. The molecule has 1 saturated heterocycles. The lowest BCUT2D eigenvalue weighted by Gasteiger charge is -2.31. The summed E-state index contributed by atoms with van der Waals surface area (Å²) in [7, 11) is 0. The fraction of sp³-hybridized carbons (Fsp3) is 0.261. The molecule has 3 aromatic rings. The Bertz CT molecular complexity index is 1190. The van der Waals surface area contributed by atoms with Crippen molar-refractivity contribution in [2.45, 2.75) is 31.8 Å². The fourth-order valence-corrected chi connectivity index (χ4v) is 4.05. The standard InChI is InChI=1S/C23H21FN6O2/c24-15-4-1-5-16(11-15)26-22-17-13-30(23(32)19-6-7-20(31)27-19)10-8-18(17)28-21(29-22)14-3-2-9-25-12-14/h1-5,9,11-12,19H,6-8,10,13H2,(H,27,31)(H,26,28,29)/t19-/m1/s1. The number of aromatic nitrogens is 3. The largest absolute Gasteiger partial charge is 0.344 e. The van der Waals surface area contributed by atoms with Gasteiger partial charge in [-0.3, -0.25) is 14.6 Å². The van der Waals surface area contributed by atoms with E-state index in [1.807, 2.05) is 12.1 Å². The highest BCUT2D eigenvalue weighted by Gasteiger charge is 2.33. The third-order valence-electron chi connectivity index (χ3n) is 5.67. The van der Waals surface area contributed by atoms with Crippen LogP contribution in [0.1, 0.15) is 24.1 Å². The Hall–Kier alpha value is -3.88. The van der Waals surface area contributed by atoms with Crippen molar-refractivity contribution in [3.63, 3.8) is 0 Å². The molecule has 0 bridgehead atoms. The Labute approximate surface area is 183 Å². The minimum atomic E-state index is -0.487. The van der Waals surface area contributed by atoms with Gasteiger partial charge in [0.1, 0.15) is 17.7 Å². The van der Waals surface area contributed by atoms with Crippen LogP contribution in [0.15, 0.2) is 48.8 Å². The first-order valence-electron chi connectivity index (χ1n) is 10.5. The van der Waals surface area contributed by atoms with Crippen molar-refractivity contribution in [1.82, 2.24) is 25.2 Å². The molecule has 32 heavy (non-hydrogen) atoms. The Kier molecular flexibility index (Phi) is 5.22. The second kappa shape index (κ2) is 8.33. The van der Waals surface area contributed by atoms with Crippen LogP contribution in [-0.2, 0) is 22.6 Å². The van der Waals surface area contributed by atoms with Crippen LogP contribution in [0.25, 0.3) is 11.4 Å². The van der Waals surface area contributed by atoms with Crippen LogP contribution < -0.4 is 10.6 Å². The first kappa shape index (κ1) is 20.0. The van der Waals surface area contributed by atoms with Crippen molar-refractivity contribution in [3.8, 4) is 11.4 Å². The van der Waals surface area contributed by atoms with Crippen LogP contribution in [0.2, 0.25) is 0 Å². The molecule has 2 aliphatic heterocycles. The summed E-state index contributed by atoms with van der Waals surface area (Å²) in [5.41, 5.74) is 2.93. The summed E-state index contributed by atoms with van der Waals surface area (Å²) in [6, 6.07) is 9.33. The third-order valence-corrected chi connectivity index (χ3v) is 5.67. The van der Waals surface area contributed by atoms with Gasteiger partial charge in [-0.05, 0) is 36.8 Å². The lowest BCUT2D eigenvalue weighted by Crippen LogP contribution is -2.46. The van der Waals surface area contributed by atoms with E-state index in [9.17, 15) is 14.0 Å². The quantitative estimate of drug-likeness (QED) is 0.657. The molecule has 1 fully saturated rings. The van der Waals surface area contributed by atoms with Crippen LogP contribution in [0.3, 0.4) is 0 Å². The molecular formula is C23H21FN6O2. The van der Waals surface area contributed by atoms with Gasteiger partial charge in [0, 0.05) is 48.6 Å². The maximum Gasteiger partial charge on any atom is 0.245 e. The molecular weight excluding hydrogens is 411 g/mol. The van der Waals surface area contributed by atoms with Crippen molar-refractivity contribution in [1.29, 1.82) is 0 Å². The highest BCUT2D eigenvalue weighted by Crippen LogP contribution is 2.30. The van der Waals surface area contributed by atoms with E-state index in [2.05, 4.69) is 15.6 Å². The second-order valence-corrected chi connectivity index (χ2v) is 7.87. The predicted octanol–water partition coefficient (Wildman–Crippen LogP) is 2.58.